The zero-order valence-corrected chi connectivity index (χ0v) is 12.2. The molecule has 0 aliphatic heterocycles. The maximum Gasteiger partial charge on any atom is 0.253 e. The highest BCUT2D eigenvalue weighted by atomic mass is 16.1. The summed E-state index contributed by atoms with van der Waals surface area (Å²) in [5.74, 6) is 0.683. The van der Waals surface area contributed by atoms with Gasteiger partial charge in [-0.2, -0.15) is 0 Å². The number of aromatic nitrogens is 1. The summed E-state index contributed by atoms with van der Waals surface area (Å²) < 4.78 is 0. The van der Waals surface area contributed by atoms with Gasteiger partial charge in [0.2, 0.25) is 0 Å². The highest BCUT2D eigenvalue weighted by molar-refractivity contribution is 5.94. The lowest BCUT2D eigenvalue weighted by Crippen LogP contribution is -2.41. The van der Waals surface area contributed by atoms with E-state index in [9.17, 15) is 4.79 Å². The van der Waals surface area contributed by atoms with Crippen molar-refractivity contribution in [1.82, 2.24) is 15.2 Å². The Bertz CT molecular complexity index is 387. The molecule has 0 fully saturated rings. The molecule has 1 aromatic rings. The molecule has 0 saturated carbocycles. The number of amides is 1. The van der Waals surface area contributed by atoms with Crippen molar-refractivity contribution >= 4 is 11.7 Å². The van der Waals surface area contributed by atoms with Crippen LogP contribution in [-0.4, -0.2) is 48.5 Å². The normalized spacial score (nSPS) is 12.3. The number of hydrogen-bond donors (Lipinski definition) is 2. The van der Waals surface area contributed by atoms with Gasteiger partial charge < -0.3 is 15.5 Å². The number of nitrogens with one attached hydrogen (secondary N) is 2. The molecule has 1 amide bonds. The molecule has 106 valence electrons. The van der Waals surface area contributed by atoms with E-state index in [2.05, 4.69) is 34.4 Å². The molecule has 5 nitrogen and oxygen atoms in total. The van der Waals surface area contributed by atoms with E-state index in [4.69, 9.17) is 0 Å². The van der Waals surface area contributed by atoms with Gasteiger partial charge in [0, 0.05) is 25.8 Å². The number of anilines is 1. The van der Waals surface area contributed by atoms with E-state index < -0.39 is 0 Å². The van der Waals surface area contributed by atoms with Crippen molar-refractivity contribution < 1.29 is 4.79 Å². The van der Waals surface area contributed by atoms with Gasteiger partial charge in [-0.25, -0.2) is 4.98 Å². The lowest BCUT2D eigenvalue weighted by molar-refractivity contribution is 0.0930. The minimum absolute atomic E-state index is 0.0743. The molecule has 0 aliphatic rings. The van der Waals surface area contributed by atoms with Crippen LogP contribution >= 0.6 is 0 Å². The third-order valence-corrected chi connectivity index (χ3v) is 3.09. The summed E-state index contributed by atoms with van der Waals surface area (Å²) in [4.78, 5) is 18.4. The van der Waals surface area contributed by atoms with Crippen LogP contribution in [0.3, 0.4) is 0 Å². The van der Waals surface area contributed by atoms with Crippen LogP contribution in [0.2, 0.25) is 0 Å². The number of pyridine rings is 1. The molecule has 2 N–H and O–H groups in total. The van der Waals surface area contributed by atoms with Crippen LogP contribution in [0.15, 0.2) is 18.3 Å². The first-order valence-corrected chi connectivity index (χ1v) is 6.77. The predicted molar refractivity (Wildman–Crippen MR) is 78.5 cm³/mol. The summed E-state index contributed by atoms with van der Waals surface area (Å²) in [7, 11) is 1.80. The maximum absolute atomic E-state index is 12.0. The fourth-order valence-electron chi connectivity index (χ4n) is 1.90. The van der Waals surface area contributed by atoms with Gasteiger partial charge in [0.15, 0.2) is 0 Å². The van der Waals surface area contributed by atoms with Crippen LogP contribution in [0.25, 0.3) is 0 Å². The molecular weight excluding hydrogens is 240 g/mol. The van der Waals surface area contributed by atoms with Crippen molar-refractivity contribution in [2.45, 2.75) is 26.8 Å². The van der Waals surface area contributed by atoms with Crippen LogP contribution in [0.5, 0.6) is 0 Å². The summed E-state index contributed by atoms with van der Waals surface area (Å²) >= 11 is 0. The molecule has 0 saturated heterocycles. The number of nitrogens with zero attached hydrogens (tertiary/aromatic N) is 2. The Morgan fingerprint density at radius 3 is 2.53 bits per heavy atom. The molecule has 0 spiro atoms. The maximum atomic E-state index is 12.0. The van der Waals surface area contributed by atoms with Gasteiger partial charge in [-0.15, -0.1) is 0 Å². The third-order valence-electron chi connectivity index (χ3n) is 3.09. The van der Waals surface area contributed by atoms with Crippen LogP contribution < -0.4 is 10.6 Å². The van der Waals surface area contributed by atoms with E-state index in [0.29, 0.717) is 5.56 Å². The zero-order valence-electron chi connectivity index (χ0n) is 12.2. The lowest BCUT2D eigenvalue weighted by Gasteiger charge is -2.23. The first-order chi connectivity index (χ1) is 9.10. The number of hydrogen-bond acceptors (Lipinski definition) is 4. The third kappa shape index (κ3) is 4.87. The van der Waals surface area contributed by atoms with Crippen molar-refractivity contribution in [3.05, 3.63) is 23.9 Å². The monoisotopic (exact) mass is 264 g/mol. The largest absolute Gasteiger partial charge is 0.373 e. The SMILES string of the molecule is CCN(CC)CC(C)NC(=O)c1ccc(NC)nc1. The summed E-state index contributed by atoms with van der Waals surface area (Å²) in [6.45, 7) is 9.12. The van der Waals surface area contributed by atoms with Gasteiger partial charge in [0.1, 0.15) is 5.82 Å². The average Bonchev–Trinajstić information content (AvgIpc) is 2.44. The molecule has 5 heteroatoms. The first-order valence-electron chi connectivity index (χ1n) is 6.77. The highest BCUT2D eigenvalue weighted by Crippen LogP contribution is 2.04. The lowest BCUT2D eigenvalue weighted by atomic mass is 10.2. The standard InChI is InChI=1S/C14H24N4O/c1-5-18(6-2)10-11(3)17-14(19)12-7-8-13(15-4)16-9-12/h7-9,11H,5-6,10H2,1-4H3,(H,15,16)(H,17,19). The number of carbonyl (C=O) groups excluding carboxylic acids is 1. The Hall–Kier alpha value is -1.62. The smallest absolute Gasteiger partial charge is 0.253 e. The van der Waals surface area contributed by atoms with Crippen molar-refractivity contribution in [3.8, 4) is 0 Å². The van der Waals surface area contributed by atoms with Crippen molar-refractivity contribution in [3.63, 3.8) is 0 Å². The summed E-state index contributed by atoms with van der Waals surface area (Å²) in [5, 5.41) is 5.92. The van der Waals surface area contributed by atoms with Gasteiger partial charge in [-0.3, -0.25) is 4.79 Å². The molecule has 1 heterocycles. The van der Waals surface area contributed by atoms with Crippen LogP contribution in [0.1, 0.15) is 31.1 Å². The van der Waals surface area contributed by atoms with Crippen molar-refractivity contribution in [1.29, 1.82) is 0 Å². The zero-order chi connectivity index (χ0) is 14.3. The van der Waals surface area contributed by atoms with E-state index in [-0.39, 0.29) is 11.9 Å². The summed E-state index contributed by atoms with van der Waals surface area (Å²) in [6, 6.07) is 3.69. The fraction of sp³-hybridized carbons (Fsp3) is 0.571. The van der Waals surface area contributed by atoms with Gasteiger partial charge in [0.05, 0.1) is 5.56 Å². The molecule has 1 rings (SSSR count). The molecule has 1 unspecified atom stereocenters. The number of carbonyl (C=O) groups is 1. The van der Waals surface area contributed by atoms with E-state index in [1.54, 1.807) is 25.4 Å². The van der Waals surface area contributed by atoms with E-state index >= 15 is 0 Å². The molecule has 0 aliphatic carbocycles. The highest BCUT2D eigenvalue weighted by Gasteiger charge is 2.12. The second-order valence-corrected chi connectivity index (χ2v) is 4.54. The van der Waals surface area contributed by atoms with Crippen molar-refractivity contribution in [2.24, 2.45) is 0 Å². The molecule has 0 aromatic carbocycles. The number of likely N-dealkylation sites (N-methyl/N-ethyl adjacent to an activating group) is 1. The molecule has 1 aromatic heterocycles. The Labute approximate surface area is 115 Å². The second kappa shape index (κ2) is 7.74. The Balaban J connectivity index is 2.53. The molecule has 0 bridgehead atoms. The van der Waals surface area contributed by atoms with Crippen molar-refractivity contribution in [2.75, 3.05) is 32.0 Å². The molecule has 1 atom stereocenters. The summed E-state index contributed by atoms with van der Waals surface area (Å²) in [5.41, 5.74) is 0.588. The van der Waals surface area contributed by atoms with Crippen LogP contribution in [0, 0.1) is 0 Å². The topological polar surface area (TPSA) is 57.3 Å². The van der Waals surface area contributed by atoms with Gasteiger partial charge in [0.25, 0.3) is 5.91 Å². The second-order valence-electron chi connectivity index (χ2n) is 4.54. The van der Waals surface area contributed by atoms with E-state index in [1.807, 2.05) is 6.92 Å². The molecule has 19 heavy (non-hydrogen) atoms. The Morgan fingerprint density at radius 2 is 2.05 bits per heavy atom. The Kier molecular flexibility index (Phi) is 6.29. The van der Waals surface area contributed by atoms with Gasteiger partial charge in [-0.1, -0.05) is 13.8 Å². The predicted octanol–water partition coefficient (Wildman–Crippen LogP) is 1.58. The van der Waals surface area contributed by atoms with Crippen LogP contribution in [-0.2, 0) is 0 Å². The average molecular weight is 264 g/mol. The molecular formula is C14H24N4O. The number of rotatable bonds is 7. The van der Waals surface area contributed by atoms with Crippen LogP contribution in [0.4, 0.5) is 5.82 Å². The van der Waals surface area contributed by atoms with E-state index in [1.165, 1.54) is 0 Å². The quantitative estimate of drug-likeness (QED) is 0.785. The Morgan fingerprint density at radius 1 is 1.37 bits per heavy atom. The fourth-order valence-corrected chi connectivity index (χ4v) is 1.90. The van der Waals surface area contributed by atoms with E-state index in [0.717, 1.165) is 25.5 Å². The molecule has 0 radical (unpaired) electrons. The van der Waals surface area contributed by atoms with Gasteiger partial charge in [-0.05, 0) is 32.1 Å². The first kappa shape index (κ1) is 15.4. The summed E-state index contributed by atoms with van der Waals surface area (Å²) in [6.07, 6.45) is 1.59. The van der Waals surface area contributed by atoms with Gasteiger partial charge >= 0.3 is 0 Å². The minimum atomic E-state index is -0.0743. The minimum Gasteiger partial charge on any atom is -0.373 e.